The van der Waals surface area contributed by atoms with Crippen molar-refractivity contribution in [2.45, 2.75) is 60.8 Å². The van der Waals surface area contributed by atoms with Gasteiger partial charge >= 0.3 is 12.0 Å². The molecule has 0 unspecified atom stereocenters. The van der Waals surface area contributed by atoms with Crippen LogP contribution in [-0.4, -0.2) is 79.4 Å². The lowest BCUT2D eigenvalue weighted by atomic mass is 9.93. The van der Waals surface area contributed by atoms with E-state index in [0.29, 0.717) is 47.8 Å². The van der Waals surface area contributed by atoms with Crippen molar-refractivity contribution in [3.05, 3.63) is 83.9 Å². The first-order valence-corrected chi connectivity index (χ1v) is 17.5. The Kier molecular flexibility index (Phi) is 15.7. The highest BCUT2D eigenvalue weighted by atomic mass is 16.5. The van der Waals surface area contributed by atoms with E-state index in [2.05, 4.69) is 36.7 Å². The van der Waals surface area contributed by atoms with Crippen molar-refractivity contribution < 1.29 is 33.4 Å². The SMILES string of the molecule is COc1cccc(C(=O)N(CCC(=O)OCCC(C)(C)C)CC(=O)N(CCC(C)C)CC(=O)Nc2ccc(NC(=O)Nc3ccccc3C)cc2)c1. The Morgan fingerprint density at radius 2 is 1.46 bits per heavy atom. The van der Waals surface area contributed by atoms with E-state index in [-0.39, 0.29) is 44.0 Å². The lowest BCUT2D eigenvalue weighted by Gasteiger charge is -2.28. The maximum Gasteiger partial charge on any atom is 0.323 e. The van der Waals surface area contributed by atoms with E-state index in [0.717, 1.165) is 5.56 Å². The lowest BCUT2D eigenvalue weighted by Crippen LogP contribution is -2.46. The quantitative estimate of drug-likeness (QED) is 0.128. The van der Waals surface area contributed by atoms with Crippen LogP contribution >= 0.6 is 0 Å². The first-order valence-electron chi connectivity index (χ1n) is 17.5. The summed E-state index contributed by atoms with van der Waals surface area (Å²) in [6.07, 6.45) is 1.22. The number of rotatable bonds is 17. The first kappa shape index (κ1) is 41.0. The fourth-order valence-corrected chi connectivity index (χ4v) is 4.94. The standard InChI is InChI=1S/C40H53N5O7/c1-28(2)19-22-44(26-35(46)41-31-15-17-32(18-16-31)42-39(50)43-34-14-9-8-11-29(34)3)36(47)27-45(23-20-37(48)52-24-21-40(4,5)6)38(49)30-12-10-13-33(25-30)51-7/h8-18,25,28H,19-24,26-27H2,1-7H3,(H,41,46)(H2,42,43,50). The van der Waals surface area contributed by atoms with E-state index >= 15 is 0 Å². The molecule has 3 aromatic rings. The molecule has 0 saturated carbocycles. The molecular weight excluding hydrogens is 662 g/mol. The van der Waals surface area contributed by atoms with Crippen LogP contribution < -0.4 is 20.7 Å². The normalized spacial score (nSPS) is 11.0. The minimum Gasteiger partial charge on any atom is -0.497 e. The van der Waals surface area contributed by atoms with E-state index < -0.39 is 29.7 Å². The third-order valence-electron chi connectivity index (χ3n) is 8.11. The number of esters is 1. The van der Waals surface area contributed by atoms with E-state index in [9.17, 15) is 24.0 Å². The van der Waals surface area contributed by atoms with Gasteiger partial charge in [-0.1, -0.05) is 58.9 Å². The molecule has 0 aromatic heterocycles. The van der Waals surface area contributed by atoms with Gasteiger partial charge in [0, 0.05) is 35.7 Å². The Bertz CT molecular complexity index is 1670. The van der Waals surface area contributed by atoms with Gasteiger partial charge in [0.2, 0.25) is 11.8 Å². The van der Waals surface area contributed by atoms with Gasteiger partial charge < -0.3 is 35.2 Å². The summed E-state index contributed by atoms with van der Waals surface area (Å²) in [6.45, 7) is 12.0. The molecule has 12 heteroatoms. The van der Waals surface area contributed by atoms with Gasteiger partial charge in [-0.05, 0) is 85.2 Å². The first-order chi connectivity index (χ1) is 24.6. The monoisotopic (exact) mass is 715 g/mol. The molecule has 0 aliphatic heterocycles. The van der Waals surface area contributed by atoms with Crippen molar-refractivity contribution >= 4 is 46.8 Å². The number of hydrogen-bond donors (Lipinski definition) is 3. The number of para-hydroxylation sites is 1. The van der Waals surface area contributed by atoms with Crippen LogP contribution in [-0.2, 0) is 19.1 Å². The molecule has 0 heterocycles. The predicted molar refractivity (Wildman–Crippen MR) is 203 cm³/mol. The zero-order valence-electron chi connectivity index (χ0n) is 31.4. The number of carbonyl (C=O) groups excluding carboxylic acids is 5. The van der Waals surface area contributed by atoms with Crippen molar-refractivity contribution in [2.24, 2.45) is 11.3 Å². The highest BCUT2D eigenvalue weighted by molar-refractivity contribution is 6.01. The number of methoxy groups -OCH3 is 1. The maximum atomic E-state index is 13.8. The van der Waals surface area contributed by atoms with Crippen LogP contribution in [0.4, 0.5) is 21.9 Å². The fraction of sp³-hybridized carbons (Fsp3) is 0.425. The zero-order valence-corrected chi connectivity index (χ0v) is 31.4. The number of hydrogen-bond acceptors (Lipinski definition) is 7. The minimum absolute atomic E-state index is 0.00638. The Labute approximate surface area is 307 Å². The number of ether oxygens (including phenoxy) is 2. The number of anilines is 3. The summed E-state index contributed by atoms with van der Waals surface area (Å²) < 4.78 is 10.7. The zero-order chi connectivity index (χ0) is 38.3. The average molecular weight is 716 g/mol. The van der Waals surface area contributed by atoms with Crippen molar-refractivity contribution in [3.63, 3.8) is 0 Å². The van der Waals surface area contributed by atoms with E-state index in [1.165, 1.54) is 16.9 Å². The van der Waals surface area contributed by atoms with Crippen molar-refractivity contribution in [1.82, 2.24) is 9.80 Å². The highest BCUT2D eigenvalue weighted by Crippen LogP contribution is 2.20. The summed E-state index contributed by atoms with van der Waals surface area (Å²) >= 11 is 0. The Morgan fingerprint density at radius 1 is 0.788 bits per heavy atom. The minimum atomic E-state index is -0.468. The third kappa shape index (κ3) is 14.5. The van der Waals surface area contributed by atoms with Gasteiger partial charge in [-0.3, -0.25) is 19.2 Å². The molecule has 3 rings (SSSR count). The van der Waals surface area contributed by atoms with Crippen LogP contribution in [0.3, 0.4) is 0 Å². The second-order valence-corrected chi connectivity index (χ2v) is 14.3. The molecular formula is C40H53N5O7. The molecule has 12 nitrogen and oxygen atoms in total. The van der Waals surface area contributed by atoms with Gasteiger partial charge in [-0.25, -0.2) is 4.79 Å². The summed E-state index contributed by atoms with van der Waals surface area (Å²) in [5, 5.41) is 8.39. The van der Waals surface area contributed by atoms with Crippen LogP contribution in [0.15, 0.2) is 72.8 Å². The van der Waals surface area contributed by atoms with Crippen LogP contribution in [0.2, 0.25) is 0 Å². The Balaban J connectivity index is 1.68. The topological polar surface area (TPSA) is 146 Å². The molecule has 0 spiro atoms. The van der Waals surface area contributed by atoms with Crippen molar-refractivity contribution in [1.29, 1.82) is 0 Å². The van der Waals surface area contributed by atoms with Gasteiger partial charge in [-0.2, -0.15) is 0 Å². The molecule has 3 aromatic carbocycles. The second-order valence-electron chi connectivity index (χ2n) is 14.3. The number of urea groups is 1. The number of carbonyl (C=O) groups is 5. The van der Waals surface area contributed by atoms with E-state index in [1.807, 2.05) is 45.0 Å². The Morgan fingerprint density at radius 3 is 2.10 bits per heavy atom. The molecule has 52 heavy (non-hydrogen) atoms. The molecule has 0 aliphatic rings. The molecule has 0 aliphatic carbocycles. The smallest absolute Gasteiger partial charge is 0.323 e. The fourth-order valence-electron chi connectivity index (χ4n) is 4.94. The molecule has 0 fully saturated rings. The van der Waals surface area contributed by atoms with E-state index in [1.54, 1.807) is 48.5 Å². The van der Waals surface area contributed by atoms with Crippen molar-refractivity contribution in [3.8, 4) is 5.75 Å². The summed E-state index contributed by atoms with van der Waals surface area (Å²) in [4.78, 5) is 68.6. The van der Waals surface area contributed by atoms with Crippen molar-refractivity contribution in [2.75, 3.05) is 55.8 Å². The number of nitrogens with zero attached hydrogens (tertiary/aromatic N) is 2. The molecule has 0 atom stereocenters. The Hall–Kier alpha value is -5.39. The van der Waals surface area contributed by atoms with Gasteiger partial charge in [0.15, 0.2) is 0 Å². The molecule has 3 N–H and O–H groups in total. The van der Waals surface area contributed by atoms with Crippen LogP contribution in [0.1, 0.15) is 69.8 Å². The number of amides is 5. The summed E-state index contributed by atoms with van der Waals surface area (Å²) in [5.74, 6) is -1.06. The van der Waals surface area contributed by atoms with Crippen LogP contribution in [0.5, 0.6) is 5.75 Å². The predicted octanol–water partition coefficient (Wildman–Crippen LogP) is 6.97. The number of nitrogens with one attached hydrogen (secondary N) is 3. The number of aryl methyl sites for hydroxylation is 1. The van der Waals surface area contributed by atoms with Crippen LogP contribution in [0, 0.1) is 18.3 Å². The van der Waals surface area contributed by atoms with E-state index in [4.69, 9.17) is 9.47 Å². The molecule has 0 radical (unpaired) electrons. The molecule has 0 bridgehead atoms. The van der Waals surface area contributed by atoms with Gasteiger partial charge in [0.05, 0.1) is 26.7 Å². The maximum absolute atomic E-state index is 13.8. The summed E-state index contributed by atoms with van der Waals surface area (Å²) in [5.41, 5.74) is 2.92. The molecule has 280 valence electrons. The lowest BCUT2D eigenvalue weighted by molar-refractivity contribution is -0.145. The molecule has 0 saturated heterocycles. The van der Waals surface area contributed by atoms with Crippen LogP contribution in [0.25, 0.3) is 0 Å². The number of benzene rings is 3. The largest absolute Gasteiger partial charge is 0.497 e. The average Bonchev–Trinajstić information content (AvgIpc) is 3.09. The van der Waals surface area contributed by atoms with Gasteiger partial charge in [0.1, 0.15) is 12.3 Å². The molecule has 5 amide bonds. The summed E-state index contributed by atoms with van der Waals surface area (Å²) in [6, 6.07) is 20.2. The highest BCUT2D eigenvalue weighted by Gasteiger charge is 2.25. The van der Waals surface area contributed by atoms with Gasteiger partial charge in [-0.15, -0.1) is 0 Å². The second kappa shape index (κ2) is 19.9. The van der Waals surface area contributed by atoms with Gasteiger partial charge in [0.25, 0.3) is 5.91 Å². The third-order valence-corrected chi connectivity index (χ3v) is 8.11. The summed E-state index contributed by atoms with van der Waals surface area (Å²) in [7, 11) is 1.49.